The summed E-state index contributed by atoms with van der Waals surface area (Å²) in [5.41, 5.74) is 7.97. The molecular weight excluding hydrogens is 228 g/mol. The monoisotopic (exact) mass is 244 g/mol. The lowest BCUT2D eigenvalue weighted by Gasteiger charge is -2.16. The van der Waals surface area contributed by atoms with Crippen molar-refractivity contribution in [3.8, 4) is 0 Å². The van der Waals surface area contributed by atoms with E-state index in [0.29, 0.717) is 17.8 Å². The average Bonchev–Trinajstić information content (AvgIpc) is 2.84. The van der Waals surface area contributed by atoms with E-state index in [0.717, 1.165) is 11.4 Å². The molecule has 0 atom stereocenters. The number of aromatic nitrogens is 2. The smallest absolute Gasteiger partial charge is 0.254 e. The first kappa shape index (κ1) is 12.2. The van der Waals surface area contributed by atoms with Crippen molar-refractivity contribution >= 4 is 11.6 Å². The summed E-state index contributed by atoms with van der Waals surface area (Å²) in [5, 5.41) is 0. The van der Waals surface area contributed by atoms with Crippen LogP contribution >= 0.6 is 0 Å². The molecule has 1 heterocycles. The van der Waals surface area contributed by atoms with Gasteiger partial charge < -0.3 is 15.6 Å². The summed E-state index contributed by atoms with van der Waals surface area (Å²) < 4.78 is 0. The van der Waals surface area contributed by atoms with Gasteiger partial charge in [-0.3, -0.25) is 4.79 Å². The highest BCUT2D eigenvalue weighted by Crippen LogP contribution is 2.14. The number of amides is 1. The molecule has 1 aromatic carbocycles. The van der Waals surface area contributed by atoms with Gasteiger partial charge in [0, 0.05) is 30.7 Å². The first-order valence-corrected chi connectivity index (χ1v) is 5.68. The second kappa shape index (κ2) is 4.91. The summed E-state index contributed by atoms with van der Waals surface area (Å²) in [7, 11) is 1.75. The van der Waals surface area contributed by atoms with Crippen molar-refractivity contribution in [2.45, 2.75) is 13.5 Å². The third-order valence-corrected chi connectivity index (χ3v) is 2.81. The second-order valence-electron chi connectivity index (χ2n) is 4.27. The Hall–Kier alpha value is -2.30. The van der Waals surface area contributed by atoms with Crippen molar-refractivity contribution in [3.05, 3.63) is 47.5 Å². The predicted molar refractivity (Wildman–Crippen MR) is 70.0 cm³/mol. The van der Waals surface area contributed by atoms with Crippen molar-refractivity contribution < 1.29 is 4.79 Å². The molecule has 5 nitrogen and oxygen atoms in total. The maximum Gasteiger partial charge on any atom is 0.254 e. The molecule has 0 aliphatic carbocycles. The first-order chi connectivity index (χ1) is 8.58. The fraction of sp³-hybridized carbons (Fsp3) is 0.231. The molecule has 0 saturated carbocycles. The van der Waals surface area contributed by atoms with E-state index in [1.54, 1.807) is 42.5 Å². The van der Waals surface area contributed by atoms with Crippen LogP contribution in [0.2, 0.25) is 0 Å². The van der Waals surface area contributed by atoms with Gasteiger partial charge in [-0.2, -0.15) is 0 Å². The highest BCUT2D eigenvalue weighted by molar-refractivity contribution is 5.94. The van der Waals surface area contributed by atoms with Gasteiger partial charge in [-0.15, -0.1) is 0 Å². The number of hydrogen-bond donors (Lipinski definition) is 2. The Morgan fingerprint density at radius 2 is 2.28 bits per heavy atom. The highest BCUT2D eigenvalue weighted by atomic mass is 16.2. The van der Waals surface area contributed by atoms with Gasteiger partial charge in [0.15, 0.2) is 0 Å². The number of hydrogen-bond acceptors (Lipinski definition) is 3. The van der Waals surface area contributed by atoms with Crippen LogP contribution in [0.3, 0.4) is 0 Å². The van der Waals surface area contributed by atoms with Gasteiger partial charge in [-0.25, -0.2) is 4.98 Å². The Kier molecular flexibility index (Phi) is 3.32. The van der Waals surface area contributed by atoms with Gasteiger partial charge in [0.05, 0.1) is 6.54 Å². The van der Waals surface area contributed by atoms with E-state index in [1.165, 1.54) is 0 Å². The van der Waals surface area contributed by atoms with E-state index in [-0.39, 0.29) is 5.91 Å². The SMILES string of the molecule is Cc1cc(C(=O)N(C)Cc2ncc[nH]2)ccc1N. The number of aromatic amines is 1. The standard InChI is InChI=1S/C13H16N4O/c1-9-7-10(3-4-11(9)14)13(18)17(2)8-12-15-5-6-16-12/h3-7H,8,14H2,1-2H3,(H,15,16). The molecule has 3 N–H and O–H groups in total. The van der Waals surface area contributed by atoms with Crippen LogP contribution in [0.15, 0.2) is 30.6 Å². The number of carbonyl (C=O) groups excluding carboxylic acids is 1. The van der Waals surface area contributed by atoms with Crippen molar-refractivity contribution in [1.82, 2.24) is 14.9 Å². The summed E-state index contributed by atoms with van der Waals surface area (Å²) in [6, 6.07) is 5.29. The van der Waals surface area contributed by atoms with Crippen molar-refractivity contribution in [3.63, 3.8) is 0 Å². The van der Waals surface area contributed by atoms with Gasteiger partial charge in [0.2, 0.25) is 0 Å². The molecule has 94 valence electrons. The minimum absolute atomic E-state index is 0.0468. The Morgan fingerprint density at radius 3 is 2.89 bits per heavy atom. The summed E-state index contributed by atoms with van der Waals surface area (Å²) in [6.07, 6.45) is 3.40. The zero-order valence-electron chi connectivity index (χ0n) is 10.5. The van der Waals surface area contributed by atoms with Gasteiger partial charge in [-0.05, 0) is 30.7 Å². The second-order valence-corrected chi connectivity index (χ2v) is 4.27. The Balaban J connectivity index is 2.12. The number of nitrogens with two attached hydrogens (primary N) is 1. The zero-order valence-corrected chi connectivity index (χ0v) is 10.5. The van der Waals surface area contributed by atoms with Gasteiger partial charge in [-0.1, -0.05) is 0 Å². The van der Waals surface area contributed by atoms with Crippen LogP contribution in [0, 0.1) is 6.92 Å². The molecular formula is C13H16N4O. The van der Waals surface area contributed by atoms with Gasteiger partial charge >= 0.3 is 0 Å². The van der Waals surface area contributed by atoms with Crippen LogP contribution in [0.1, 0.15) is 21.7 Å². The summed E-state index contributed by atoms with van der Waals surface area (Å²) in [5.74, 6) is 0.715. The van der Waals surface area contributed by atoms with Crippen LogP contribution < -0.4 is 5.73 Å². The van der Waals surface area contributed by atoms with Crippen LogP contribution in [0.5, 0.6) is 0 Å². The number of benzene rings is 1. The topological polar surface area (TPSA) is 75.0 Å². The molecule has 1 amide bonds. The maximum atomic E-state index is 12.2. The fourth-order valence-electron chi connectivity index (χ4n) is 1.71. The number of H-pyrrole nitrogens is 1. The molecule has 0 unspecified atom stereocenters. The van der Waals surface area contributed by atoms with Crippen LogP contribution in [0.25, 0.3) is 0 Å². The molecule has 0 radical (unpaired) electrons. The van der Waals surface area contributed by atoms with E-state index in [4.69, 9.17) is 5.73 Å². The predicted octanol–water partition coefficient (Wildman–Crippen LogP) is 1.57. The minimum atomic E-state index is -0.0468. The molecule has 0 saturated heterocycles. The Labute approximate surface area is 106 Å². The molecule has 2 aromatic rings. The molecule has 2 rings (SSSR count). The first-order valence-electron chi connectivity index (χ1n) is 5.68. The molecule has 1 aromatic heterocycles. The number of aryl methyl sites for hydroxylation is 1. The van der Waals surface area contributed by atoms with Gasteiger partial charge in [0.25, 0.3) is 5.91 Å². The maximum absolute atomic E-state index is 12.2. The molecule has 5 heteroatoms. The summed E-state index contributed by atoms with van der Waals surface area (Å²) in [6.45, 7) is 2.34. The van der Waals surface area contributed by atoms with E-state index in [9.17, 15) is 4.79 Å². The van der Waals surface area contributed by atoms with Gasteiger partial charge in [0.1, 0.15) is 5.82 Å². The number of carbonyl (C=O) groups is 1. The van der Waals surface area contributed by atoms with E-state index in [1.807, 2.05) is 6.92 Å². The van der Waals surface area contributed by atoms with Crippen molar-refractivity contribution in [2.75, 3.05) is 12.8 Å². The fourth-order valence-corrected chi connectivity index (χ4v) is 1.71. The normalized spacial score (nSPS) is 10.3. The number of nitrogens with zero attached hydrogens (tertiary/aromatic N) is 2. The molecule has 0 bridgehead atoms. The van der Waals surface area contributed by atoms with Crippen LogP contribution in [-0.2, 0) is 6.54 Å². The lowest BCUT2D eigenvalue weighted by molar-refractivity contribution is 0.0782. The summed E-state index contributed by atoms with van der Waals surface area (Å²) in [4.78, 5) is 20.9. The summed E-state index contributed by atoms with van der Waals surface area (Å²) >= 11 is 0. The third kappa shape index (κ3) is 2.51. The van der Waals surface area contributed by atoms with E-state index in [2.05, 4.69) is 9.97 Å². The molecule has 0 aliphatic rings. The third-order valence-electron chi connectivity index (χ3n) is 2.81. The van der Waals surface area contributed by atoms with E-state index < -0.39 is 0 Å². The Bertz CT molecular complexity index is 548. The quantitative estimate of drug-likeness (QED) is 0.805. The largest absolute Gasteiger partial charge is 0.399 e. The number of imidazole rings is 1. The van der Waals surface area contributed by atoms with Crippen LogP contribution in [0.4, 0.5) is 5.69 Å². The Morgan fingerprint density at radius 1 is 1.50 bits per heavy atom. The number of nitrogen functional groups attached to an aromatic ring is 1. The molecule has 0 spiro atoms. The van der Waals surface area contributed by atoms with Crippen molar-refractivity contribution in [2.24, 2.45) is 0 Å². The lowest BCUT2D eigenvalue weighted by Crippen LogP contribution is -2.26. The van der Waals surface area contributed by atoms with E-state index >= 15 is 0 Å². The highest BCUT2D eigenvalue weighted by Gasteiger charge is 2.13. The minimum Gasteiger partial charge on any atom is -0.399 e. The lowest BCUT2D eigenvalue weighted by atomic mass is 10.1. The van der Waals surface area contributed by atoms with Crippen LogP contribution in [-0.4, -0.2) is 27.8 Å². The number of rotatable bonds is 3. The molecule has 18 heavy (non-hydrogen) atoms. The zero-order chi connectivity index (χ0) is 13.1. The number of nitrogens with one attached hydrogen (secondary N) is 1. The average molecular weight is 244 g/mol. The number of anilines is 1. The molecule has 0 aliphatic heterocycles. The molecule has 0 fully saturated rings. The van der Waals surface area contributed by atoms with Crippen molar-refractivity contribution in [1.29, 1.82) is 0 Å².